The molecule has 0 aliphatic rings. The van der Waals surface area contributed by atoms with Crippen molar-refractivity contribution >= 4 is 86.0 Å². The Kier molecular flexibility index (Phi) is 6.54. The first-order valence-corrected chi connectivity index (χ1v) is 19.5. The van der Waals surface area contributed by atoms with Crippen molar-refractivity contribution < 1.29 is 8.83 Å². The van der Waals surface area contributed by atoms with E-state index in [1.54, 1.807) is 0 Å². The van der Waals surface area contributed by atoms with Crippen LogP contribution in [0.25, 0.3) is 119 Å². The molecule has 0 amide bonds. The van der Waals surface area contributed by atoms with Crippen LogP contribution in [0.2, 0.25) is 0 Å². The van der Waals surface area contributed by atoms with Crippen LogP contribution in [0.5, 0.6) is 0 Å². The fourth-order valence-corrected chi connectivity index (χ4v) is 10.0. The molecule has 0 unspecified atom stereocenters. The zero-order valence-corrected chi connectivity index (χ0v) is 30.4. The van der Waals surface area contributed by atoms with Crippen LogP contribution in [0.1, 0.15) is 0 Å². The average molecular weight is 719 g/mol. The van der Waals surface area contributed by atoms with Crippen molar-refractivity contribution in [2.45, 2.75) is 0 Å². The lowest BCUT2D eigenvalue weighted by Crippen LogP contribution is -1.90. The van der Waals surface area contributed by atoms with E-state index in [2.05, 4.69) is 176 Å². The molecule has 0 aliphatic heterocycles. The first-order valence-electron chi connectivity index (χ1n) is 18.7. The Morgan fingerprint density at radius 2 is 0.836 bits per heavy atom. The highest BCUT2D eigenvalue weighted by Gasteiger charge is 2.23. The third-order valence-electron chi connectivity index (χ3n) is 11.3. The highest BCUT2D eigenvalue weighted by Crippen LogP contribution is 2.48. The van der Waals surface area contributed by atoms with Crippen LogP contribution < -0.4 is 0 Å². The van der Waals surface area contributed by atoms with Crippen LogP contribution in [-0.2, 0) is 0 Å². The van der Waals surface area contributed by atoms with Gasteiger partial charge in [0.15, 0.2) is 0 Å². The van der Waals surface area contributed by atoms with E-state index >= 15 is 0 Å². The van der Waals surface area contributed by atoms with Gasteiger partial charge in [0.2, 0.25) is 0 Å². The van der Waals surface area contributed by atoms with Crippen LogP contribution >= 0.6 is 11.3 Å². The van der Waals surface area contributed by atoms with E-state index in [-0.39, 0.29) is 0 Å². The summed E-state index contributed by atoms with van der Waals surface area (Å²) in [5.74, 6) is 0.862. The van der Waals surface area contributed by atoms with Crippen molar-refractivity contribution in [3.63, 3.8) is 0 Å². The molecule has 12 aromatic rings. The molecule has 0 N–H and O–H groups in total. The minimum Gasteiger partial charge on any atom is -0.456 e. The molecule has 12 rings (SSSR count). The van der Waals surface area contributed by atoms with Crippen LogP contribution in [0.15, 0.2) is 191 Å². The van der Waals surface area contributed by atoms with Gasteiger partial charge in [-0.05, 0) is 85.8 Å². The predicted octanol–water partition coefficient (Wildman–Crippen LogP) is 15.7. The van der Waals surface area contributed by atoms with Gasteiger partial charge >= 0.3 is 0 Å². The van der Waals surface area contributed by atoms with Gasteiger partial charge in [0.1, 0.15) is 22.5 Å². The molecule has 2 nitrogen and oxygen atoms in total. The Labute approximate surface area is 320 Å². The normalized spacial score (nSPS) is 12.0. The third-order valence-corrected chi connectivity index (χ3v) is 12.4. The molecule has 0 bridgehead atoms. The van der Waals surface area contributed by atoms with E-state index in [1.807, 2.05) is 17.4 Å². The Bertz CT molecular complexity index is 3420. The van der Waals surface area contributed by atoms with Gasteiger partial charge in [0.05, 0.1) is 5.39 Å². The second-order valence-electron chi connectivity index (χ2n) is 14.3. The molecule has 3 heterocycles. The lowest BCUT2D eigenvalue weighted by molar-refractivity contribution is 0.634. The predicted molar refractivity (Wildman–Crippen MR) is 233 cm³/mol. The van der Waals surface area contributed by atoms with Gasteiger partial charge in [-0.15, -0.1) is 11.3 Å². The molecule has 256 valence electrons. The molecule has 0 fully saturated rings. The Balaban J connectivity index is 1.12. The molecule has 3 heteroatoms. The first-order chi connectivity index (χ1) is 27.3. The number of hydrogen-bond donors (Lipinski definition) is 0. The maximum absolute atomic E-state index is 6.96. The molecule has 3 aromatic heterocycles. The Morgan fingerprint density at radius 1 is 0.309 bits per heavy atom. The van der Waals surface area contributed by atoms with E-state index in [1.165, 1.54) is 58.4 Å². The summed E-state index contributed by atoms with van der Waals surface area (Å²) < 4.78 is 16.2. The summed E-state index contributed by atoms with van der Waals surface area (Å²) in [6.45, 7) is 0. The molecule has 0 spiro atoms. The monoisotopic (exact) mass is 718 g/mol. The molecular weight excluding hydrogens is 689 g/mol. The summed E-state index contributed by atoms with van der Waals surface area (Å²) >= 11 is 1.87. The Hall–Kier alpha value is -6.94. The van der Waals surface area contributed by atoms with Gasteiger partial charge in [-0.3, -0.25) is 0 Å². The van der Waals surface area contributed by atoms with Crippen LogP contribution in [0.3, 0.4) is 0 Å². The number of thiophene rings is 1. The molecule has 0 saturated carbocycles. The molecule has 9 aromatic carbocycles. The van der Waals surface area contributed by atoms with Gasteiger partial charge in [-0.2, -0.15) is 0 Å². The number of fused-ring (bicyclic) bond motifs is 10. The summed E-state index contributed by atoms with van der Waals surface area (Å²) in [5, 5.41) is 10.7. The molecular formula is C52H30O2S. The van der Waals surface area contributed by atoms with Gasteiger partial charge in [-0.1, -0.05) is 146 Å². The van der Waals surface area contributed by atoms with E-state index in [9.17, 15) is 0 Å². The van der Waals surface area contributed by atoms with E-state index < -0.39 is 0 Å². The van der Waals surface area contributed by atoms with Crippen molar-refractivity contribution in [3.05, 3.63) is 182 Å². The largest absolute Gasteiger partial charge is 0.456 e. The first kappa shape index (κ1) is 30.5. The van der Waals surface area contributed by atoms with E-state index in [4.69, 9.17) is 8.83 Å². The fourth-order valence-electron chi connectivity index (χ4n) is 8.89. The smallest absolute Gasteiger partial charge is 0.147 e. The second-order valence-corrected chi connectivity index (χ2v) is 15.4. The number of rotatable bonds is 4. The van der Waals surface area contributed by atoms with Crippen molar-refractivity contribution in [3.8, 4) is 44.7 Å². The maximum Gasteiger partial charge on any atom is 0.147 e. The average Bonchev–Trinajstić information content (AvgIpc) is 3.94. The summed E-state index contributed by atoms with van der Waals surface area (Å²) in [7, 11) is 0. The minimum absolute atomic E-state index is 0.814. The van der Waals surface area contributed by atoms with Gasteiger partial charge in [0.25, 0.3) is 0 Å². The maximum atomic E-state index is 6.96. The summed E-state index contributed by atoms with van der Waals surface area (Å²) in [5.41, 5.74) is 10.6. The zero-order chi connectivity index (χ0) is 36.0. The summed E-state index contributed by atoms with van der Waals surface area (Å²) in [6.07, 6.45) is 0. The van der Waals surface area contributed by atoms with Crippen molar-refractivity contribution in [1.29, 1.82) is 0 Å². The molecule has 0 saturated heterocycles. The molecule has 55 heavy (non-hydrogen) atoms. The van der Waals surface area contributed by atoms with Crippen LogP contribution in [0, 0.1) is 0 Å². The highest BCUT2D eigenvalue weighted by molar-refractivity contribution is 7.25. The highest BCUT2D eigenvalue weighted by atomic mass is 32.1. The molecule has 0 radical (unpaired) electrons. The molecule has 0 aliphatic carbocycles. The van der Waals surface area contributed by atoms with Gasteiger partial charge in [0, 0.05) is 42.1 Å². The second kappa shape index (κ2) is 11.8. The number of benzene rings is 9. The third kappa shape index (κ3) is 4.54. The number of furan rings is 2. The number of hydrogen-bond acceptors (Lipinski definition) is 3. The summed E-state index contributed by atoms with van der Waals surface area (Å²) in [6, 6.07) is 65.3. The molecule has 0 atom stereocenters. The quantitative estimate of drug-likeness (QED) is 0.169. The van der Waals surface area contributed by atoms with Crippen LogP contribution in [0.4, 0.5) is 0 Å². The lowest BCUT2D eigenvalue weighted by Gasteiger charge is -2.18. The van der Waals surface area contributed by atoms with E-state index in [0.29, 0.717) is 0 Å². The van der Waals surface area contributed by atoms with Gasteiger partial charge < -0.3 is 8.83 Å². The summed E-state index contributed by atoms with van der Waals surface area (Å²) in [4.78, 5) is 0. The topological polar surface area (TPSA) is 26.3 Å². The zero-order valence-electron chi connectivity index (χ0n) is 29.5. The van der Waals surface area contributed by atoms with E-state index in [0.717, 1.165) is 60.9 Å². The Morgan fingerprint density at radius 3 is 1.53 bits per heavy atom. The minimum atomic E-state index is 0.814. The van der Waals surface area contributed by atoms with Crippen molar-refractivity contribution in [1.82, 2.24) is 0 Å². The lowest BCUT2D eigenvalue weighted by atomic mass is 9.85. The van der Waals surface area contributed by atoms with Crippen LogP contribution in [-0.4, -0.2) is 0 Å². The standard InChI is InChI=1S/C52H30O2S/c1-3-13-31(14-4-1)49-41-26-28-44-50(52(41)54-51(49)32-15-5-2-6-16-32)42-29-33(24-27-43(42)53-44)47-37-18-7-9-20-39(37)48(40-21-10-8-19-38(40)47)34-23-25-36-35-17-11-12-22-45(35)55-46(36)30-34/h1-30H. The van der Waals surface area contributed by atoms with Crippen molar-refractivity contribution in [2.75, 3.05) is 0 Å². The fraction of sp³-hybridized carbons (Fsp3) is 0. The van der Waals surface area contributed by atoms with Gasteiger partial charge in [-0.25, -0.2) is 0 Å². The van der Waals surface area contributed by atoms with Crippen molar-refractivity contribution in [2.24, 2.45) is 0 Å². The SMILES string of the molecule is c1ccc(-c2oc3c(ccc4oc5ccc(-c6c7ccccc7c(-c7ccc8c(c7)sc7ccccc78)c7ccccc67)cc5c43)c2-c2ccccc2)cc1.